The van der Waals surface area contributed by atoms with E-state index in [-0.39, 0.29) is 0 Å². The lowest BCUT2D eigenvalue weighted by Gasteiger charge is -2.27. The summed E-state index contributed by atoms with van der Waals surface area (Å²) in [6, 6.07) is 4.84. The van der Waals surface area contributed by atoms with Crippen LogP contribution in [-0.2, 0) is 6.42 Å². The Hall–Kier alpha value is -2.49. The summed E-state index contributed by atoms with van der Waals surface area (Å²) in [5.74, 6) is 0.923. The molecular formula is C19H20N4. The Morgan fingerprint density at radius 1 is 1.04 bits per heavy atom. The number of fused-ring (bicyclic) bond motifs is 1. The maximum Gasteiger partial charge on any atom is 0.152 e. The minimum absolute atomic E-state index is 0.360. The summed E-state index contributed by atoms with van der Waals surface area (Å²) in [6.07, 6.45) is 14.8. The van der Waals surface area contributed by atoms with Crippen molar-refractivity contribution in [1.29, 1.82) is 0 Å². The van der Waals surface area contributed by atoms with Crippen LogP contribution < -0.4 is 4.90 Å². The molecule has 1 aliphatic carbocycles. The zero-order valence-corrected chi connectivity index (χ0v) is 13.5. The second kappa shape index (κ2) is 5.61. The van der Waals surface area contributed by atoms with E-state index in [1.165, 1.54) is 11.1 Å². The predicted octanol–water partition coefficient (Wildman–Crippen LogP) is 3.65. The monoisotopic (exact) mass is 304 g/mol. The largest absolute Gasteiger partial charge is 0.343 e. The summed E-state index contributed by atoms with van der Waals surface area (Å²) in [5, 5.41) is 8.95. The minimum atomic E-state index is 0.360. The van der Waals surface area contributed by atoms with Gasteiger partial charge in [0.2, 0.25) is 0 Å². The average molecular weight is 304 g/mol. The molecular weight excluding hydrogens is 284 g/mol. The lowest BCUT2D eigenvalue weighted by Crippen LogP contribution is -2.34. The van der Waals surface area contributed by atoms with E-state index in [1.807, 2.05) is 12.4 Å². The van der Waals surface area contributed by atoms with Gasteiger partial charge in [-0.1, -0.05) is 24.3 Å². The first-order valence-electron chi connectivity index (χ1n) is 8.18. The van der Waals surface area contributed by atoms with Crippen LogP contribution in [0, 0.1) is 0 Å². The van der Waals surface area contributed by atoms with Gasteiger partial charge in [0.25, 0.3) is 0 Å². The Labute approximate surface area is 136 Å². The number of hydrogen-bond acceptors (Lipinski definition) is 4. The molecule has 116 valence electrons. The van der Waals surface area contributed by atoms with Gasteiger partial charge in [-0.25, -0.2) is 0 Å². The first kappa shape index (κ1) is 14.1. The average Bonchev–Trinajstić information content (AvgIpc) is 2.93. The van der Waals surface area contributed by atoms with Gasteiger partial charge in [0.1, 0.15) is 0 Å². The molecule has 1 aliphatic heterocycles. The van der Waals surface area contributed by atoms with Crippen LogP contribution in [0.25, 0.3) is 17.3 Å². The second-order valence-corrected chi connectivity index (χ2v) is 6.25. The third-order valence-corrected chi connectivity index (χ3v) is 4.67. The Kier molecular flexibility index (Phi) is 3.45. The molecule has 2 atom stereocenters. The van der Waals surface area contributed by atoms with E-state index < -0.39 is 0 Å². The Morgan fingerprint density at radius 3 is 2.61 bits per heavy atom. The van der Waals surface area contributed by atoms with E-state index in [2.05, 4.69) is 70.4 Å². The summed E-state index contributed by atoms with van der Waals surface area (Å²) in [7, 11) is 0. The highest BCUT2D eigenvalue weighted by molar-refractivity contribution is 5.75. The summed E-state index contributed by atoms with van der Waals surface area (Å²) in [5.41, 5.74) is 4.48. The zero-order chi connectivity index (χ0) is 15.8. The number of allylic oxidation sites excluding steroid dienone is 1. The Balaban J connectivity index is 1.69. The molecule has 0 saturated carbocycles. The van der Waals surface area contributed by atoms with E-state index in [1.54, 1.807) is 0 Å². The van der Waals surface area contributed by atoms with E-state index >= 15 is 0 Å². The predicted molar refractivity (Wildman–Crippen MR) is 93.2 cm³/mol. The molecule has 2 aromatic heterocycles. The molecule has 0 radical (unpaired) electrons. The maximum atomic E-state index is 4.48. The third kappa shape index (κ3) is 2.44. The molecule has 23 heavy (non-hydrogen) atoms. The standard InChI is InChI=1S/C19H20N4/c1-13-7-8-14(2)23(13)19-10-9-18(21-22-19)17-12-20-11-15-5-3-4-6-16(15)17/h4,6-14H,3,5H2,1-2H3. The summed E-state index contributed by atoms with van der Waals surface area (Å²) in [6.45, 7) is 4.36. The van der Waals surface area contributed by atoms with Gasteiger partial charge in [-0.05, 0) is 49.9 Å². The van der Waals surface area contributed by atoms with Gasteiger partial charge in [0.05, 0.1) is 5.69 Å². The summed E-state index contributed by atoms with van der Waals surface area (Å²) >= 11 is 0. The first-order valence-corrected chi connectivity index (χ1v) is 8.18. The molecule has 0 spiro atoms. The second-order valence-electron chi connectivity index (χ2n) is 6.25. The van der Waals surface area contributed by atoms with E-state index in [9.17, 15) is 0 Å². The number of hydrogen-bond donors (Lipinski definition) is 0. The number of pyridine rings is 1. The fourth-order valence-corrected chi connectivity index (χ4v) is 3.46. The van der Waals surface area contributed by atoms with Crippen molar-refractivity contribution >= 4 is 11.9 Å². The van der Waals surface area contributed by atoms with Crippen LogP contribution >= 0.6 is 0 Å². The summed E-state index contributed by atoms with van der Waals surface area (Å²) in [4.78, 5) is 6.65. The van der Waals surface area contributed by atoms with Crippen molar-refractivity contribution in [3.8, 4) is 11.3 Å². The minimum Gasteiger partial charge on any atom is -0.343 e. The van der Waals surface area contributed by atoms with Crippen molar-refractivity contribution in [2.45, 2.75) is 38.8 Å². The number of aromatic nitrogens is 3. The molecule has 2 aromatic rings. The van der Waals surface area contributed by atoms with E-state index in [0.717, 1.165) is 29.9 Å². The highest BCUT2D eigenvalue weighted by Gasteiger charge is 2.23. The molecule has 0 saturated heterocycles. The van der Waals surface area contributed by atoms with Crippen molar-refractivity contribution < 1.29 is 0 Å². The molecule has 0 aromatic carbocycles. The van der Waals surface area contributed by atoms with Gasteiger partial charge in [-0.3, -0.25) is 4.98 Å². The lowest BCUT2D eigenvalue weighted by atomic mass is 9.94. The normalized spacial score (nSPS) is 22.4. The van der Waals surface area contributed by atoms with Crippen molar-refractivity contribution in [3.63, 3.8) is 0 Å². The molecule has 2 aliphatic rings. The van der Waals surface area contributed by atoms with Gasteiger partial charge in [0, 0.05) is 30.0 Å². The lowest BCUT2D eigenvalue weighted by molar-refractivity contribution is 0.707. The van der Waals surface area contributed by atoms with Crippen molar-refractivity contribution in [2.24, 2.45) is 0 Å². The van der Waals surface area contributed by atoms with Crippen LogP contribution in [0.1, 0.15) is 31.4 Å². The molecule has 0 bridgehead atoms. The highest BCUT2D eigenvalue weighted by atomic mass is 15.3. The molecule has 0 N–H and O–H groups in total. The fourth-order valence-electron chi connectivity index (χ4n) is 3.46. The van der Waals surface area contributed by atoms with E-state index in [4.69, 9.17) is 0 Å². The quantitative estimate of drug-likeness (QED) is 0.794. The van der Waals surface area contributed by atoms with Crippen molar-refractivity contribution in [1.82, 2.24) is 15.2 Å². The van der Waals surface area contributed by atoms with Gasteiger partial charge >= 0.3 is 0 Å². The SMILES string of the molecule is CC1C=CC(C)N1c1ccc(-c2cncc3c2C=CCC3)nn1. The highest BCUT2D eigenvalue weighted by Crippen LogP contribution is 2.30. The van der Waals surface area contributed by atoms with Gasteiger partial charge < -0.3 is 4.90 Å². The molecule has 0 fully saturated rings. The summed E-state index contributed by atoms with van der Waals surface area (Å²) < 4.78 is 0. The molecule has 2 unspecified atom stereocenters. The van der Waals surface area contributed by atoms with Gasteiger partial charge in [-0.2, -0.15) is 0 Å². The molecule has 3 heterocycles. The van der Waals surface area contributed by atoms with Crippen LogP contribution in [0.3, 0.4) is 0 Å². The molecule has 4 rings (SSSR count). The number of aryl methyl sites for hydroxylation is 1. The topological polar surface area (TPSA) is 41.9 Å². The molecule has 4 heteroatoms. The third-order valence-electron chi connectivity index (χ3n) is 4.67. The van der Waals surface area contributed by atoms with E-state index in [0.29, 0.717) is 12.1 Å². The van der Waals surface area contributed by atoms with Crippen LogP contribution in [0.4, 0.5) is 5.82 Å². The molecule has 4 nitrogen and oxygen atoms in total. The maximum absolute atomic E-state index is 4.48. The number of rotatable bonds is 2. The van der Waals surface area contributed by atoms with Crippen molar-refractivity contribution in [2.75, 3.05) is 4.90 Å². The van der Waals surface area contributed by atoms with Crippen LogP contribution in [0.5, 0.6) is 0 Å². The Morgan fingerprint density at radius 2 is 1.87 bits per heavy atom. The van der Waals surface area contributed by atoms with Crippen LogP contribution in [0.2, 0.25) is 0 Å². The molecule has 0 amide bonds. The van der Waals surface area contributed by atoms with Crippen molar-refractivity contribution in [3.05, 3.63) is 53.9 Å². The Bertz CT molecular complexity index is 764. The number of nitrogens with zero attached hydrogens (tertiary/aromatic N) is 4. The van der Waals surface area contributed by atoms with Gasteiger partial charge in [0.15, 0.2) is 5.82 Å². The smallest absolute Gasteiger partial charge is 0.152 e. The fraction of sp³-hybridized carbons (Fsp3) is 0.316. The van der Waals surface area contributed by atoms with Crippen LogP contribution in [-0.4, -0.2) is 27.3 Å². The van der Waals surface area contributed by atoms with Crippen LogP contribution in [0.15, 0.2) is 42.8 Å². The zero-order valence-electron chi connectivity index (χ0n) is 13.5. The number of anilines is 1. The first-order chi connectivity index (χ1) is 11.2. The van der Waals surface area contributed by atoms with Gasteiger partial charge in [-0.15, -0.1) is 10.2 Å².